The molecule has 0 aliphatic heterocycles. The summed E-state index contributed by atoms with van der Waals surface area (Å²) in [5.74, 6) is -17.4. The number of esters is 1. The van der Waals surface area contributed by atoms with Crippen LogP contribution in [0.2, 0.25) is 0 Å². The Morgan fingerprint density at radius 3 is 1.78 bits per heavy atom. The number of halogens is 7. The molecule has 0 aliphatic rings. The molecule has 0 spiro atoms. The summed E-state index contributed by atoms with van der Waals surface area (Å²) in [5.41, 5.74) is -0.120. The van der Waals surface area contributed by atoms with E-state index in [4.69, 9.17) is 13.8 Å². The predicted octanol–water partition coefficient (Wildman–Crippen LogP) is 10.5. The van der Waals surface area contributed by atoms with E-state index in [1.165, 1.54) is 30.3 Å². The molecule has 49 heavy (non-hydrogen) atoms. The van der Waals surface area contributed by atoms with Crippen LogP contribution in [-0.4, -0.2) is 18.6 Å². The third-order valence-electron chi connectivity index (χ3n) is 7.70. The van der Waals surface area contributed by atoms with Gasteiger partial charge in [-0.1, -0.05) is 83.4 Å². The normalized spacial score (nSPS) is 13.3. The number of carbonyl (C=O) groups excluding carboxylic acids is 1. The van der Waals surface area contributed by atoms with E-state index in [0.717, 1.165) is 76.3 Å². The van der Waals surface area contributed by atoms with E-state index in [0.29, 0.717) is 6.07 Å². The Balaban J connectivity index is 1.97. The van der Waals surface area contributed by atoms with E-state index in [2.05, 4.69) is 18.9 Å². The fraction of sp³-hybridized carbons (Fsp3) is 0.457. The molecule has 6 nitrogen and oxygen atoms in total. The van der Waals surface area contributed by atoms with E-state index in [-0.39, 0.29) is 23.8 Å². The SMILES string of the molecule is CCCCCCC(CCCCCC)COC(=O)[C@H](Cc1cc(F)cc(F)c1)NP(=O)(Oc1ccccc1)Oc1c(F)c(F)c(F)c(F)c1F. The number of ether oxygens (including phenoxy) is 1. The molecular weight excluding hydrogens is 678 g/mol. The maximum Gasteiger partial charge on any atom is 0.513 e. The summed E-state index contributed by atoms with van der Waals surface area (Å²) < 4.78 is 130. The molecule has 0 bridgehead atoms. The van der Waals surface area contributed by atoms with Crippen molar-refractivity contribution in [3.8, 4) is 11.5 Å². The van der Waals surface area contributed by atoms with Gasteiger partial charge in [-0.2, -0.15) is 13.9 Å². The maximum atomic E-state index is 14.7. The molecule has 0 saturated carbocycles. The lowest BCUT2D eigenvalue weighted by molar-refractivity contribution is -0.147. The molecule has 1 N–H and O–H groups in total. The first-order chi connectivity index (χ1) is 23.4. The van der Waals surface area contributed by atoms with E-state index in [1.54, 1.807) is 0 Å². The largest absolute Gasteiger partial charge is 0.513 e. The molecule has 0 amide bonds. The Morgan fingerprint density at radius 1 is 0.714 bits per heavy atom. The Hall–Kier alpha value is -3.57. The zero-order valence-electron chi connectivity index (χ0n) is 27.4. The highest BCUT2D eigenvalue weighted by Crippen LogP contribution is 2.48. The summed E-state index contributed by atoms with van der Waals surface area (Å²) in [6, 6.07) is 7.42. The smallest absolute Gasteiger partial charge is 0.464 e. The lowest BCUT2D eigenvalue weighted by atomic mass is 9.95. The van der Waals surface area contributed by atoms with Gasteiger partial charge >= 0.3 is 13.7 Å². The van der Waals surface area contributed by atoms with Gasteiger partial charge in [0.1, 0.15) is 23.4 Å². The van der Waals surface area contributed by atoms with Crippen molar-refractivity contribution in [1.29, 1.82) is 0 Å². The maximum absolute atomic E-state index is 14.7. The van der Waals surface area contributed by atoms with E-state index >= 15 is 0 Å². The van der Waals surface area contributed by atoms with Crippen molar-refractivity contribution in [2.24, 2.45) is 5.92 Å². The molecule has 0 heterocycles. The lowest BCUT2D eigenvalue weighted by Crippen LogP contribution is -2.40. The average molecular weight is 720 g/mol. The second kappa shape index (κ2) is 19.6. The number of benzene rings is 3. The molecule has 3 rings (SSSR count). The second-order valence-corrected chi connectivity index (χ2v) is 13.4. The number of carbonyl (C=O) groups is 1. The van der Waals surface area contributed by atoms with Crippen molar-refractivity contribution in [3.05, 3.63) is 94.8 Å². The van der Waals surface area contributed by atoms with Crippen molar-refractivity contribution >= 4 is 13.7 Å². The van der Waals surface area contributed by atoms with Gasteiger partial charge in [0.05, 0.1) is 6.61 Å². The minimum Gasteiger partial charge on any atom is -0.464 e. The minimum absolute atomic E-state index is 0.0399. The molecule has 0 aliphatic carbocycles. The standard InChI is InChI=1S/C35H41F7NO5P/c1-3-5-7-10-14-23(15-11-8-6-4-2)22-46-35(44)28(20-24-18-25(36)21-26(37)19-24)43-49(45,47-27-16-12-9-13-17-27)48-34-32(41)30(39)29(38)31(40)33(34)42/h9,12-13,16-19,21,23,28H,3-8,10-11,14-15,20,22H2,1-2H3,(H,43,45)/t28-,49?/m0/s1. The zero-order chi connectivity index (χ0) is 36.0. The molecule has 2 atom stereocenters. The summed E-state index contributed by atoms with van der Waals surface area (Å²) in [4.78, 5) is 13.6. The zero-order valence-corrected chi connectivity index (χ0v) is 28.3. The highest BCUT2D eigenvalue weighted by Gasteiger charge is 2.40. The van der Waals surface area contributed by atoms with E-state index < -0.39 is 72.6 Å². The predicted molar refractivity (Wildman–Crippen MR) is 170 cm³/mol. The fourth-order valence-corrected chi connectivity index (χ4v) is 6.67. The van der Waals surface area contributed by atoms with Gasteiger partial charge in [0, 0.05) is 6.07 Å². The molecule has 0 saturated heterocycles. The number of para-hydroxylation sites is 1. The van der Waals surface area contributed by atoms with Crippen LogP contribution in [0, 0.1) is 46.6 Å². The Bertz CT molecular complexity index is 1500. The summed E-state index contributed by atoms with van der Waals surface area (Å²) in [7, 11) is -5.31. The van der Waals surface area contributed by atoms with Crippen molar-refractivity contribution in [2.45, 2.75) is 90.5 Å². The first kappa shape index (κ1) is 39.9. The molecule has 3 aromatic carbocycles. The van der Waals surface area contributed by atoms with Crippen LogP contribution >= 0.6 is 7.75 Å². The molecule has 14 heteroatoms. The summed E-state index contributed by atoms with van der Waals surface area (Å²) in [6.45, 7) is 4.10. The molecule has 0 aromatic heterocycles. The third-order valence-corrected chi connectivity index (χ3v) is 9.21. The first-order valence-electron chi connectivity index (χ1n) is 16.3. The van der Waals surface area contributed by atoms with Gasteiger partial charge in [0.2, 0.25) is 34.8 Å². The molecule has 3 aromatic rings. The van der Waals surface area contributed by atoms with Crippen LogP contribution in [0.25, 0.3) is 0 Å². The lowest BCUT2D eigenvalue weighted by Gasteiger charge is -2.26. The molecule has 0 radical (unpaired) electrons. The Morgan fingerprint density at radius 2 is 1.24 bits per heavy atom. The van der Waals surface area contributed by atoms with E-state index in [1.807, 2.05) is 0 Å². The van der Waals surface area contributed by atoms with Crippen LogP contribution in [0.4, 0.5) is 30.7 Å². The summed E-state index contributed by atoms with van der Waals surface area (Å²) in [5, 5.41) is 2.19. The van der Waals surface area contributed by atoms with Crippen molar-refractivity contribution in [2.75, 3.05) is 6.61 Å². The van der Waals surface area contributed by atoms with Crippen molar-refractivity contribution in [3.63, 3.8) is 0 Å². The topological polar surface area (TPSA) is 73.9 Å². The van der Waals surface area contributed by atoms with Gasteiger partial charge in [0.25, 0.3) is 0 Å². The quantitative estimate of drug-likeness (QED) is 0.0295. The van der Waals surface area contributed by atoms with Crippen LogP contribution in [0.15, 0.2) is 48.5 Å². The minimum atomic E-state index is -5.31. The number of hydrogen-bond donors (Lipinski definition) is 1. The van der Waals surface area contributed by atoms with Crippen molar-refractivity contribution < 1.29 is 53.9 Å². The highest BCUT2D eigenvalue weighted by atomic mass is 31.2. The van der Waals surface area contributed by atoms with Crippen LogP contribution in [0.1, 0.15) is 83.6 Å². The number of unbranched alkanes of at least 4 members (excludes halogenated alkanes) is 6. The Kier molecular flexibility index (Phi) is 15.9. The van der Waals surface area contributed by atoms with Crippen molar-refractivity contribution in [1.82, 2.24) is 5.09 Å². The monoisotopic (exact) mass is 719 g/mol. The average Bonchev–Trinajstić information content (AvgIpc) is 3.06. The Labute approximate surface area is 281 Å². The van der Waals surface area contributed by atoms with Gasteiger partial charge in [0.15, 0.2) is 0 Å². The molecule has 1 unspecified atom stereocenters. The summed E-state index contributed by atoms with van der Waals surface area (Å²) in [6.07, 6.45) is 8.81. The fourth-order valence-electron chi connectivity index (χ4n) is 5.14. The number of nitrogens with one attached hydrogen (secondary N) is 1. The van der Waals surface area contributed by atoms with Crippen LogP contribution < -0.4 is 14.1 Å². The molecule has 270 valence electrons. The van der Waals surface area contributed by atoms with E-state index in [9.17, 15) is 40.1 Å². The van der Waals surface area contributed by atoms with Gasteiger partial charge in [-0.3, -0.25) is 4.79 Å². The first-order valence-corrected chi connectivity index (χ1v) is 17.9. The molecular formula is C35H41F7NO5P. The van der Waals surface area contributed by atoms with Gasteiger partial charge < -0.3 is 13.8 Å². The van der Waals surface area contributed by atoms with Crippen LogP contribution in [0.5, 0.6) is 11.5 Å². The third kappa shape index (κ3) is 12.4. The number of hydrogen-bond acceptors (Lipinski definition) is 5. The van der Waals surface area contributed by atoms with Crippen LogP contribution in [0.3, 0.4) is 0 Å². The number of rotatable bonds is 21. The van der Waals surface area contributed by atoms with Crippen LogP contribution in [-0.2, 0) is 20.5 Å². The second-order valence-electron chi connectivity index (χ2n) is 11.8. The highest BCUT2D eigenvalue weighted by molar-refractivity contribution is 7.52. The van der Waals surface area contributed by atoms with Gasteiger partial charge in [-0.15, -0.1) is 0 Å². The molecule has 0 fully saturated rings. The van der Waals surface area contributed by atoms with Gasteiger partial charge in [-0.05, 0) is 55.0 Å². The van der Waals surface area contributed by atoms with Gasteiger partial charge in [-0.25, -0.2) is 26.5 Å². The summed E-state index contributed by atoms with van der Waals surface area (Å²) >= 11 is 0.